The molecule has 0 spiro atoms. The maximum absolute atomic E-state index is 12.4. The minimum atomic E-state index is -4.61. The molecule has 0 saturated heterocycles. The maximum atomic E-state index is 12.4. The molecule has 21 heavy (non-hydrogen) atoms. The van der Waals surface area contributed by atoms with Gasteiger partial charge in [0.25, 0.3) is 0 Å². The van der Waals surface area contributed by atoms with E-state index in [-0.39, 0.29) is 6.54 Å². The highest BCUT2D eigenvalue weighted by Gasteiger charge is 2.39. The van der Waals surface area contributed by atoms with Gasteiger partial charge in [0.2, 0.25) is 0 Å². The lowest BCUT2D eigenvalue weighted by Gasteiger charge is -2.27. The highest BCUT2D eigenvalue weighted by atomic mass is 19.4. The molecule has 1 aromatic carbocycles. The highest BCUT2D eigenvalue weighted by molar-refractivity contribution is 5.47. The van der Waals surface area contributed by atoms with Gasteiger partial charge in [-0.15, -0.1) is 0 Å². The highest BCUT2D eigenvalue weighted by Crippen LogP contribution is 2.34. The zero-order valence-corrected chi connectivity index (χ0v) is 11.7. The van der Waals surface area contributed by atoms with Gasteiger partial charge in [0.1, 0.15) is 13.2 Å². The van der Waals surface area contributed by atoms with E-state index >= 15 is 0 Å². The Kier molecular flexibility index (Phi) is 4.95. The lowest BCUT2D eigenvalue weighted by Crippen LogP contribution is -2.40. The van der Waals surface area contributed by atoms with Crippen LogP contribution in [0.5, 0.6) is 11.5 Å². The third-order valence-corrected chi connectivity index (χ3v) is 3.30. The number of hydrogen-bond acceptors (Lipinski definition) is 4. The number of hydrogen-bond donors (Lipinski definition) is 1. The summed E-state index contributed by atoms with van der Waals surface area (Å²) in [5.41, 5.74) is 0.753. The van der Waals surface area contributed by atoms with Crippen LogP contribution in [0.4, 0.5) is 13.2 Å². The van der Waals surface area contributed by atoms with Crippen LogP contribution in [0.2, 0.25) is 0 Å². The monoisotopic (exact) mass is 305 g/mol. The average molecular weight is 305 g/mol. The van der Waals surface area contributed by atoms with E-state index in [4.69, 9.17) is 9.47 Å². The predicted octanol–water partition coefficient (Wildman–Crippen LogP) is 2.20. The normalized spacial score (nSPS) is 16.1. The standard InChI is InChI=1S/C14H18F3NO3/c1-2-18(9-12(19)14(15,16)17)8-10-4-3-5-11-13(10)21-7-6-20-11/h3-5,12,19H,2,6-9H2,1H3/t12-/m0/s1. The number of fused-ring (bicyclic) bond motifs is 1. The van der Waals surface area contributed by atoms with Crippen molar-refractivity contribution in [2.45, 2.75) is 25.7 Å². The molecule has 0 aromatic heterocycles. The zero-order chi connectivity index (χ0) is 15.5. The summed E-state index contributed by atoms with van der Waals surface area (Å²) < 4.78 is 48.3. The van der Waals surface area contributed by atoms with Crippen molar-refractivity contribution < 1.29 is 27.8 Å². The first-order chi connectivity index (χ1) is 9.91. The molecule has 0 fully saturated rings. The Morgan fingerprint density at radius 1 is 1.29 bits per heavy atom. The van der Waals surface area contributed by atoms with Crippen molar-refractivity contribution in [2.75, 3.05) is 26.3 Å². The van der Waals surface area contributed by atoms with Crippen LogP contribution >= 0.6 is 0 Å². The Balaban J connectivity index is 2.09. The molecule has 1 N–H and O–H groups in total. The fourth-order valence-electron chi connectivity index (χ4n) is 2.15. The maximum Gasteiger partial charge on any atom is 0.415 e. The first-order valence-corrected chi connectivity index (χ1v) is 6.76. The summed E-state index contributed by atoms with van der Waals surface area (Å²) in [6, 6.07) is 5.33. The predicted molar refractivity (Wildman–Crippen MR) is 70.4 cm³/mol. The van der Waals surface area contributed by atoms with E-state index in [1.165, 1.54) is 4.90 Å². The Hall–Kier alpha value is -1.47. The van der Waals surface area contributed by atoms with E-state index < -0.39 is 18.8 Å². The van der Waals surface area contributed by atoms with Gasteiger partial charge in [0.15, 0.2) is 17.6 Å². The second-order valence-corrected chi connectivity index (χ2v) is 4.83. The number of nitrogens with zero attached hydrogens (tertiary/aromatic N) is 1. The van der Waals surface area contributed by atoms with Gasteiger partial charge in [0.05, 0.1) is 0 Å². The summed E-state index contributed by atoms with van der Waals surface area (Å²) in [6.07, 6.45) is -6.96. The molecule has 0 amide bonds. The van der Waals surface area contributed by atoms with E-state index in [1.807, 2.05) is 0 Å². The number of likely N-dealkylation sites (N-methyl/N-ethyl adjacent to an activating group) is 1. The quantitative estimate of drug-likeness (QED) is 0.905. The molecule has 1 aliphatic heterocycles. The summed E-state index contributed by atoms with van der Waals surface area (Å²) in [4.78, 5) is 1.52. The van der Waals surface area contributed by atoms with Gasteiger partial charge in [-0.1, -0.05) is 19.1 Å². The first kappa shape index (κ1) is 15.9. The molecule has 1 aliphatic rings. The third kappa shape index (κ3) is 4.01. The third-order valence-electron chi connectivity index (χ3n) is 3.30. The molecule has 4 nitrogen and oxygen atoms in total. The molecule has 0 saturated carbocycles. The van der Waals surface area contributed by atoms with Crippen LogP contribution in [-0.4, -0.2) is 48.6 Å². The molecule has 0 bridgehead atoms. The fraction of sp³-hybridized carbons (Fsp3) is 0.571. The van der Waals surface area contributed by atoms with Crippen molar-refractivity contribution in [1.29, 1.82) is 0 Å². The minimum Gasteiger partial charge on any atom is -0.486 e. The molecular weight excluding hydrogens is 287 g/mol. The van der Waals surface area contributed by atoms with Crippen LogP contribution in [-0.2, 0) is 6.54 Å². The number of halogens is 3. The molecule has 0 radical (unpaired) electrons. The van der Waals surface area contributed by atoms with Crippen molar-refractivity contribution >= 4 is 0 Å². The number of ether oxygens (including phenoxy) is 2. The smallest absolute Gasteiger partial charge is 0.415 e. The zero-order valence-electron chi connectivity index (χ0n) is 11.7. The minimum absolute atomic E-state index is 0.260. The molecule has 1 atom stereocenters. The van der Waals surface area contributed by atoms with Crippen LogP contribution < -0.4 is 9.47 Å². The summed E-state index contributed by atoms with van der Waals surface area (Å²) in [5.74, 6) is 1.18. The molecule has 1 heterocycles. The lowest BCUT2D eigenvalue weighted by molar-refractivity contribution is -0.208. The fourth-order valence-corrected chi connectivity index (χ4v) is 2.15. The number of aliphatic hydroxyl groups excluding tert-OH is 1. The second-order valence-electron chi connectivity index (χ2n) is 4.83. The molecule has 0 unspecified atom stereocenters. The summed E-state index contributed by atoms with van der Waals surface area (Å²) in [5, 5.41) is 9.18. The molecule has 7 heteroatoms. The van der Waals surface area contributed by atoms with Gasteiger partial charge in [-0.2, -0.15) is 13.2 Å². The van der Waals surface area contributed by atoms with Gasteiger partial charge in [0, 0.05) is 18.7 Å². The van der Waals surface area contributed by atoms with E-state index in [1.54, 1.807) is 25.1 Å². The average Bonchev–Trinajstić information content (AvgIpc) is 2.45. The number of rotatable bonds is 5. The Labute approximate surface area is 121 Å². The first-order valence-electron chi connectivity index (χ1n) is 6.76. The van der Waals surface area contributed by atoms with Crippen molar-refractivity contribution in [1.82, 2.24) is 4.90 Å². The Morgan fingerprint density at radius 3 is 2.67 bits per heavy atom. The van der Waals surface area contributed by atoms with Crippen molar-refractivity contribution in [3.8, 4) is 11.5 Å². The van der Waals surface area contributed by atoms with Crippen molar-refractivity contribution in [2.24, 2.45) is 0 Å². The van der Waals surface area contributed by atoms with Crippen molar-refractivity contribution in [3.05, 3.63) is 23.8 Å². The number of para-hydroxylation sites is 1. The van der Waals surface area contributed by atoms with Crippen LogP contribution in [0.3, 0.4) is 0 Å². The van der Waals surface area contributed by atoms with Crippen LogP contribution in [0.15, 0.2) is 18.2 Å². The summed E-state index contributed by atoms with van der Waals surface area (Å²) in [6.45, 7) is 2.80. The molecular formula is C14H18F3NO3. The van der Waals surface area contributed by atoms with Crippen LogP contribution in [0, 0.1) is 0 Å². The van der Waals surface area contributed by atoms with Gasteiger partial charge >= 0.3 is 6.18 Å². The van der Waals surface area contributed by atoms with Gasteiger partial charge in [-0.25, -0.2) is 0 Å². The van der Waals surface area contributed by atoms with Gasteiger partial charge in [-0.3, -0.25) is 4.90 Å². The SMILES string of the molecule is CCN(Cc1cccc2c1OCCO2)C[C@H](O)C(F)(F)F. The Bertz CT molecular complexity index is 479. The van der Waals surface area contributed by atoms with Gasteiger partial charge < -0.3 is 14.6 Å². The molecule has 0 aliphatic carbocycles. The number of aliphatic hydroxyl groups is 1. The second kappa shape index (κ2) is 6.53. The van der Waals surface area contributed by atoms with E-state index in [0.29, 0.717) is 31.3 Å². The molecule has 2 rings (SSSR count). The molecule has 118 valence electrons. The summed E-state index contributed by atoms with van der Waals surface area (Å²) >= 11 is 0. The van der Waals surface area contributed by atoms with Crippen LogP contribution in [0.25, 0.3) is 0 Å². The number of alkyl halides is 3. The van der Waals surface area contributed by atoms with Crippen LogP contribution in [0.1, 0.15) is 12.5 Å². The van der Waals surface area contributed by atoms with Gasteiger partial charge in [-0.05, 0) is 12.6 Å². The van der Waals surface area contributed by atoms with E-state index in [0.717, 1.165) is 5.56 Å². The van der Waals surface area contributed by atoms with E-state index in [2.05, 4.69) is 0 Å². The Morgan fingerprint density at radius 2 is 2.00 bits per heavy atom. The lowest BCUT2D eigenvalue weighted by atomic mass is 10.1. The molecule has 1 aromatic rings. The number of benzene rings is 1. The largest absolute Gasteiger partial charge is 0.486 e. The van der Waals surface area contributed by atoms with E-state index in [9.17, 15) is 18.3 Å². The topological polar surface area (TPSA) is 41.9 Å². The van der Waals surface area contributed by atoms with Crippen molar-refractivity contribution in [3.63, 3.8) is 0 Å². The summed E-state index contributed by atoms with van der Waals surface area (Å²) in [7, 11) is 0.